The van der Waals surface area contributed by atoms with Gasteiger partial charge in [-0.2, -0.15) is 5.26 Å². The van der Waals surface area contributed by atoms with E-state index in [2.05, 4.69) is 72.8 Å². The predicted octanol–water partition coefficient (Wildman–Crippen LogP) is 7.23. The third kappa shape index (κ3) is 2.33. The summed E-state index contributed by atoms with van der Waals surface area (Å²) in [5, 5.41) is 17.7. The monoisotopic (exact) mass is 380 g/mol. The number of benzene rings is 5. The van der Waals surface area contributed by atoms with E-state index < -0.39 is 0 Å². The van der Waals surface area contributed by atoms with E-state index in [-0.39, 0.29) is 0 Å². The molecule has 0 atom stereocenters. The van der Waals surface area contributed by atoms with Crippen LogP contribution < -0.4 is 0 Å². The van der Waals surface area contributed by atoms with Crippen molar-refractivity contribution in [2.45, 2.75) is 0 Å². The molecule has 5 aromatic carbocycles. The van der Waals surface area contributed by atoms with Crippen molar-refractivity contribution >= 4 is 43.2 Å². The zero-order chi connectivity index (χ0) is 20.1. The average molecular weight is 380 g/mol. The van der Waals surface area contributed by atoms with Gasteiger partial charge in [0.1, 0.15) is 0 Å². The van der Waals surface area contributed by atoms with Crippen LogP contribution in [-0.4, -0.2) is 4.98 Å². The lowest BCUT2D eigenvalue weighted by molar-refractivity contribution is 1.42. The Balaban J connectivity index is 1.93. The van der Waals surface area contributed by atoms with Crippen LogP contribution in [0.1, 0.15) is 5.56 Å². The normalized spacial score (nSPS) is 11.3. The SMILES string of the molecule is N#Cc1ccc(-c2nc3ccccc3c3c4ccccc4c4ccccc4c23)cc1. The minimum atomic E-state index is 0.652. The molecule has 1 aromatic heterocycles. The Labute approximate surface area is 173 Å². The molecule has 0 saturated carbocycles. The zero-order valence-electron chi connectivity index (χ0n) is 16.1. The molecule has 0 aliphatic heterocycles. The molecule has 0 aliphatic rings. The summed E-state index contributed by atoms with van der Waals surface area (Å²) in [6.07, 6.45) is 0. The fourth-order valence-corrected chi connectivity index (χ4v) is 4.54. The summed E-state index contributed by atoms with van der Waals surface area (Å²) in [6.45, 7) is 0. The molecule has 30 heavy (non-hydrogen) atoms. The second-order valence-electron chi connectivity index (χ2n) is 7.51. The topological polar surface area (TPSA) is 36.7 Å². The summed E-state index contributed by atoms with van der Waals surface area (Å²) in [5.74, 6) is 0. The summed E-state index contributed by atoms with van der Waals surface area (Å²) in [6, 6.07) is 35.5. The number of rotatable bonds is 1. The van der Waals surface area contributed by atoms with Gasteiger partial charge in [-0.15, -0.1) is 0 Å². The van der Waals surface area contributed by atoms with Gasteiger partial charge in [0.15, 0.2) is 0 Å². The molecule has 0 saturated heterocycles. The molecule has 0 radical (unpaired) electrons. The van der Waals surface area contributed by atoms with Gasteiger partial charge >= 0.3 is 0 Å². The first-order valence-corrected chi connectivity index (χ1v) is 9.97. The Bertz CT molecular complexity index is 1640. The minimum absolute atomic E-state index is 0.652. The van der Waals surface area contributed by atoms with Crippen molar-refractivity contribution in [2.75, 3.05) is 0 Å². The molecule has 6 rings (SSSR count). The second kappa shape index (κ2) is 6.40. The van der Waals surface area contributed by atoms with Crippen molar-refractivity contribution < 1.29 is 0 Å². The van der Waals surface area contributed by atoms with E-state index in [1.165, 1.54) is 26.9 Å². The first-order valence-electron chi connectivity index (χ1n) is 9.97. The van der Waals surface area contributed by atoms with Crippen molar-refractivity contribution in [3.05, 3.63) is 103 Å². The highest BCUT2D eigenvalue weighted by Crippen LogP contribution is 2.42. The molecule has 0 N–H and O–H groups in total. The number of hydrogen-bond donors (Lipinski definition) is 0. The standard InChI is InChI=1S/C28H16N2/c29-17-18-13-15-19(16-14-18)28-27-23-10-4-2-8-21(23)20-7-1-3-9-22(20)26(27)24-11-5-6-12-25(24)30-28/h1-16H. The number of aromatic nitrogens is 1. The number of nitriles is 1. The summed E-state index contributed by atoms with van der Waals surface area (Å²) in [4.78, 5) is 5.10. The van der Waals surface area contributed by atoms with Gasteiger partial charge in [-0.3, -0.25) is 0 Å². The van der Waals surface area contributed by atoms with Gasteiger partial charge in [-0.05, 0) is 39.7 Å². The molecule has 6 aromatic rings. The predicted molar refractivity (Wildman–Crippen MR) is 124 cm³/mol. The Morgan fingerprint density at radius 1 is 0.533 bits per heavy atom. The van der Waals surface area contributed by atoms with Crippen LogP contribution in [0, 0.1) is 11.3 Å². The molecule has 0 fully saturated rings. The number of para-hydroxylation sites is 1. The van der Waals surface area contributed by atoms with Crippen LogP contribution >= 0.6 is 0 Å². The van der Waals surface area contributed by atoms with Crippen LogP contribution in [0.2, 0.25) is 0 Å². The lowest BCUT2D eigenvalue weighted by Gasteiger charge is -2.16. The fraction of sp³-hybridized carbons (Fsp3) is 0. The Morgan fingerprint density at radius 2 is 1.07 bits per heavy atom. The van der Waals surface area contributed by atoms with Crippen LogP contribution in [0.3, 0.4) is 0 Å². The van der Waals surface area contributed by atoms with E-state index in [9.17, 15) is 5.26 Å². The molecule has 0 amide bonds. The van der Waals surface area contributed by atoms with Crippen molar-refractivity contribution in [1.82, 2.24) is 4.98 Å². The molecule has 138 valence electrons. The third-order valence-corrected chi connectivity index (χ3v) is 5.86. The van der Waals surface area contributed by atoms with Gasteiger partial charge in [0.05, 0.1) is 22.8 Å². The summed E-state index contributed by atoms with van der Waals surface area (Å²) in [7, 11) is 0. The van der Waals surface area contributed by atoms with Gasteiger partial charge < -0.3 is 0 Å². The molecular weight excluding hydrogens is 364 g/mol. The molecule has 2 nitrogen and oxygen atoms in total. The number of fused-ring (bicyclic) bond motifs is 8. The number of pyridine rings is 1. The molecule has 0 unspecified atom stereocenters. The molecule has 0 spiro atoms. The maximum absolute atomic E-state index is 9.21. The van der Waals surface area contributed by atoms with E-state index in [4.69, 9.17) is 4.98 Å². The lowest BCUT2D eigenvalue weighted by atomic mass is 9.90. The Hall–Kier alpha value is -4.22. The summed E-state index contributed by atoms with van der Waals surface area (Å²) in [5.41, 5.74) is 3.60. The van der Waals surface area contributed by atoms with Crippen LogP contribution in [0.4, 0.5) is 0 Å². The Morgan fingerprint density at radius 3 is 1.70 bits per heavy atom. The van der Waals surface area contributed by atoms with E-state index in [0.29, 0.717) is 5.56 Å². The van der Waals surface area contributed by atoms with Crippen molar-refractivity contribution in [3.8, 4) is 17.3 Å². The van der Waals surface area contributed by atoms with Crippen molar-refractivity contribution in [3.63, 3.8) is 0 Å². The van der Waals surface area contributed by atoms with Gasteiger partial charge in [0.2, 0.25) is 0 Å². The maximum atomic E-state index is 9.21. The highest BCUT2D eigenvalue weighted by Gasteiger charge is 2.16. The number of nitrogens with zero attached hydrogens (tertiary/aromatic N) is 2. The molecule has 0 bridgehead atoms. The van der Waals surface area contributed by atoms with Crippen LogP contribution in [0.15, 0.2) is 97.1 Å². The Kier molecular flexibility index (Phi) is 3.57. The molecule has 1 heterocycles. The largest absolute Gasteiger partial charge is 0.247 e. The van der Waals surface area contributed by atoms with Gasteiger partial charge in [0, 0.05) is 21.7 Å². The van der Waals surface area contributed by atoms with Crippen LogP contribution in [0.25, 0.3) is 54.5 Å². The third-order valence-electron chi connectivity index (χ3n) is 5.86. The first-order chi connectivity index (χ1) is 14.8. The van der Waals surface area contributed by atoms with E-state index in [1.54, 1.807) is 0 Å². The molecule has 2 heteroatoms. The summed E-state index contributed by atoms with van der Waals surface area (Å²) < 4.78 is 0. The maximum Gasteiger partial charge on any atom is 0.0991 e. The van der Waals surface area contributed by atoms with Gasteiger partial charge in [-0.25, -0.2) is 4.98 Å². The smallest absolute Gasteiger partial charge is 0.0991 e. The second-order valence-corrected chi connectivity index (χ2v) is 7.51. The first kappa shape index (κ1) is 16.7. The van der Waals surface area contributed by atoms with E-state index >= 15 is 0 Å². The molecule has 0 aliphatic carbocycles. The fourth-order valence-electron chi connectivity index (χ4n) is 4.54. The highest BCUT2D eigenvalue weighted by molar-refractivity contribution is 6.33. The molecular formula is C28H16N2. The van der Waals surface area contributed by atoms with Gasteiger partial charge in [0.25, 0.3) is 0 Å². The van der Waals surface area contributed by atoms with E-state index in [0.717, 1.165) is 27.5 Å². The van der Waals surface area contributed by atoms with Crippen molar-refractivity contribution in [1.29, 1.82) is 5.26 Å². The highest BCUT2D eigenvalue weighted by atomic mass is 14.7. The van der Waals surface area contributed by atoms with Crippen LogP contribution in [0.5, 0.6) is 0 Å². The van der Waals surface area contributed by atoms with Gasteiger partial charge in [-0.1, -0.05) is 78.9 Å². The quantitative estimate of drug-likeness (QED) is 0.282. The number of hydrogen-bond acceptors (Lipinski definition) is 2. The van der Waals surface area contributed by atoms with Crippen LogP contribution in [-0.2, 0) is 0 Å². The summed E-state index contributed by atoms with van der Waals surface area (Å²) >= 11 is 0. The van der Waals surface area contributed by atoms with Crippen molar-refractivity contribution in [2.24, 2.45) is 0 Å². The average Bonchev–Trinajstić information content (AvgIpc) is 2.83. The zero-order valence-corrected chi connectivity index (χ0v) is 16.1. The van der Waals surface area contributed by atoms with E-state index in [1.807, 2.05) is 30.3 Å². The minimum Gasteiger partial charge on any atom is -0.247 e. The lowest BCUT2D eigenvalue weighted by Crippen LogP contribution is -1.93.